The van der Waals surface area contributed by atoms with Gasteiger partial charge in [0.25, 0.3) is 0 Å². The fourth-order valence-corrected chi connectivity index (χ4v) is 2.02. The van der Waals surface area contributed by atoms with Crippen molar-refractivity contribution >= 4 is 0 Å². The van der Waals surface area contributed by atoms with Crippen LogP contribution < -0.4 is 5.32 Å². The molecule has 0 spiro atoms. The second-order valence-electron chi connectivity index (χ2n) is 4.81. The molecule has 106 valence electrons. The van der Waals surface area contributed by atoms with Crippen LogP contribution in [0.3, 0.4) is 0 Å². The van der Waals surface area contributed by atoms with Crippen molar-refractivity contribution < 1.29 is 13.2 Å². The Hall–Kier alpha value is -1.81. The van der Waals surface area contributed by atoms with Crippen molar-refractivity contribution in [2.75, 3.05) is 0 Å². The average Bonchev–Trinajstić information content (AvgIpc) is 2.40. The minimum Gasteiger partial charge on any atom is -0.310 e. The van der Waals surface area contributed by atoms with Crippen molar-refractivity contribution in [3.8, 4) is 0 Å². The van der Waals surface area contributed by atoms with Gasteiger partial charge in [0, 0.05) is 24.2 Å². The van der Waals surface area contributed by atoms with Crippen LogP contribution >= 0.6 is 0 Å². The molecule has 0 aliphatic carbocycles. The predicted octanol–water partition coefficient (Wildman–Crippen LogP) is 3.82. The lowest BCUT2D eigenvalue weighted by molar-refractivity contribution is 0.508. The van der Waals surface area contributed by atoms with E-state index in [2.05, 4.69) is 5.32 Å². The third-order valence-electron chi connectivity index (χ3n) is 3.14. The summed E-state index contributed by atoms with van der Waals surface area (Å²) in [6.07, 6.45) is 0.509. The zero-order chi connectivity index (χ0) is 14.5. The van der Waals surface area contributed by atoms with Gasteiger partial charge in [-0.15, -0.1) is 0 Å². The van der Waals surface area contributed by atoms with E-state index in [4.69, 9.17) is 0 Å². The molecule has 1 atom stereocenters. The molecule has 0 radical (unpaired) electrons. The van der Waals surface area contributed by atoms with Gasteiger partial charge in [-0.1, -0.05) is 24.3 Å². The van der Waals surface area contributed by atoms with Gasteiger partial charge in [-0.2, -0.15) is 0 Å². The van der Waals surface area contributed by atoms with Crippen molar-refractivity contribution in [1.82, 2.24) is 5.32 Å². The number of nitrogens with one attached hydrogen (secondary N) is 1. The van der Waals surface area contributed by atoms with E-state index in [1.165, 1.54) is 18.2 Å². The highest BCUT2D eigenvalue weighted by atomic mass is 19.1. The highest BCUT2D eigenvalue weighted by Gasteiger charge is 2.09. The van der Waals surface area contributed by atoms with E-state index >= 15 is 0 Å². The molecule has 1 unspecified atom stereocenters. The molecule has 1 N–H and O–H groups in total. The Labute approximate surface area is 116 Å². The van der Waals surface area contributed by atoms with Crippen LogP contribution in [0.25, 0.3) is 0 Å². The second kappa shape index (κ2) is 6.57. The first-order chi connectivity index (χ1) is 9.56. The number of halogens is 3. The fourth-order valence-electron chi connectivity index (χ4n) is 2.02. The molecule has 0 aromatic heterocycles. The highest BCUT2D eigenvalue weighted by molar-refractivity contribution is 5.20. The summed E-state index contributed by atoms with van der Waals surface area (Å²) in [5.74, 6) is -1.41. The SMILES string of the molecule is CC(Cc1ccccc1F)NCc1ccc(F)cc1F. The van der Waals surface area contributed by atoms with E-state index in [1.54, 1.807) is 18.2 Å². The van der Waals surface area contributed by atoms with Crippen molar-refractivity contribution in [2.45, 2.75) is 25.9 Å². The Kier molecular flexibility index (Phi) is 4.79. The first kappa shape index (κ1) is 14.6. The van der Waals surface area contributed by atoms with Gasteiger partial charge in [-0.05, 0) is 31.0 Å². The third-order valence-corrected chi connectivity index (χ3v) is 3.14. The highest BCUT2D eigenvalue weighted by Crippen LogP contribution is 2.11. The van der Waals surface area contributed by atoms with Crippen molar-refractivity contribution in [1.29, 1.82) is 0 Å². The summed E-state index contributed by atoms with van der Waals surface area (Å²) in [4.78, 5) is 0. The van der Waals surface area contributed by atoms with Crippen LogP contribution in [0.1, 0.15) is 18.1 Å². The monoisotopic (exact) mass is 279 g/mol. The van der Waals surface area contributed by atoms with Gasteiger partial charge in [0.2, 0.25) is 0 Å². The zero-order valence-electron chi connectivity index (χ0n) is 11.2. The Morgan fingerprint density at radius 3 is 2.40 bits per heavy atom. The van der Waals surface area contributed by atoms with E-state index in [0.29, 0.717) is 17.5 Å². The van der Waals surface area contributed by atoms with Gasteiger partial charge in [-0.25, -0.2) is 13.2 Å². The van der Waals surface area contributed by atoms with Crippen LogP contribution in [-0.4, -0.2) is 6.04 Å². The predicted molar refractivity (Wildman–Crippen MR) is 72.8 cm³/mol. The number of hydrogen-bond donors (Lipinski definition) is 1. The summed E-state index contributed by atoms with van der Waals surface area (Å²) in [5, 5.41) is 3.11. The maximum absolute atomic E-state index is 13.5. The number of hydrogen-bond acceptors (Lipinski definition) is 1. The number of rotatable bonds is 5. The van der Waals surface area contributed by atoms with Crippen LogP contribution in [-0.2, 0) is 13.0 Å². The molecule has 2 aromatic rings. The van der Waals surface area contributed by atoms with Crippen LogP contribution in [0.4, 0.5) is 13.2 Å². The molecule has 4 heteroatoms. The van der Waals surface area contributed by atoms with Crippen molar-refractivity contribution in [3.05, 3.63) is 71.0 Å². The Bertz CT molecular complexity index is 584. The molecule has 2 rings (SSSR count). The smallest absolute Gasteiger partial charge is 0.130 e. The van der Waals surface area contributed by atoms with Crippen LogP contribution in [0, 0.1) is 17.5 Å². The largest absolute Gasteiger partial charge is 0.310 e. The summed E-state index contributed by atoms with van der Waals surface area (Å²) in [6.45, 7) is 2.18. The first-order valence-corrected chi connectivity index (χ1v) is 6.47. The molecule has 20 heavy (non-hydrogen) atoms. The van der Waals surface area contributed by atoms with E-state index in [-0.39, 0.29) is 18.4 Å². The molecule has 0 saturated carbocycles. The van der Waals surface area contributed by atoms with Crippen molar-refractivity contribution in [2.24, 2.45) is 0 Å². The van der Waals surface area contributed by atoms with Gasteiger partial charge >= 0.3 is 0 Å². The van der Waals surface area contributed by atoms with Gasteiger partial charge in [0.05, 0.1) is 0 Å². The Morgan fingerprint density at radius 1 is 0.950 bits per heavy atom. The summed E-state index contributed by atoms with van der Waals surface area (Å²) in [6, 6.07) is 10.0. The first-order valence-electron chi connectivity index (χ1n) is 6.47. The van der Waals surface area contributed by atoms with E-state index < -0.39 is 11.6 Å². The number of benzene rings is 2. The van der Waals surface area contributed by atoms with Crippen LogP contribution in [0.15, 0.2) is 42.5 Å². The molecule has 0 aliphatic heterocycles. The normalized spacial score (nSPS) is 12.4. The zero-order valence-corrected chi connectivity index (χ0v) is 11.2. The lowest BCUT2D eigenvalue weighted by atomic mass is 10.1. The van der Waals surface area contributed by atoms with Gasteiger partial charge in [0.1, 0.15) is 17.5 Å². The average molecular weight is 279 g/mol. The summed E-state index contributed by atoms with van der Waals surface area (Å²) >= 11 is 0. The molecule has 0 saturated heterocycles. The Morgan fingerprint density at radius 2 is 1.70 bits per heavy atom. The summed E-state index contributed by atoms with van der Waals surface area (Å²) in [5.41, 5.74) is 1.01. The van der Waals surface area contributed by atoms with Gasteiger partial charge < -0.3 is 5.32 Å². The minimum absolute atomic E-state index is 0.0173. The van der Waals surface area contributed by atoms with E-state index in [9.17, 15) is 13.2 Å². The van der Waals surface area contributed by atoms with Crippen LogP contribution in [0.5, 0.6) is 0 Å². The fraction of sp³-hybridized carbons (Fsp3) is 0.250. The molecule has 2 aromatic carbocycles. The topological polar surface area (TPSA) is 12.0 Å². The summed E-state index contributed by atoms with van der Waals surface area (Å²) < 4.78 is 39.7. The lowest BCUT2D eigenvalue weighted by Gasteiger charge is -2.14. The standard InChI is InChI=1S/C16H16F3N/c1-11(8-12-4-2-3-5-15(12)18)20-10-13-6-7-14(17)9-16(13)19/h2-7,9,11,20H,8,10H2,1H3. The Balaban J connectivity index is 1.92. The lowest BCUT2D eigenvalue weighted by Crippen LogP contribution is -2.28. The summed E-state index contributed by atoms with van der Waals surface area (Å²) in [7, 11) is 0. The molecule has 0 heterocycles. The molecule has 0 amide bonds. The molecular weight excluding hydrogens is 263 g/mol. The van der Waals surface area contributed by atoms with Crippen molar-refractivity contribution in [3.63, 3.8) is 0 Å². The molecule has 0 fully saturated rings. The third kappa shape index (κ3) is 3.84. The molecule has 0 aliphatic rings. The van der Waals surface area contributed by atoms with E-state index in [1.807, 2.05) is 6.92 Å². The quantitative estimate of drug-likeness (QED) is 0.877. The maximum atomic E-state index is 13.5. The van der Waals surface area contributed by atoms with Gasteiger partial charge in [-0.3, -0.25) is 0 Å². The molecule has 1 nitrogen and oxygen atoms in total. The minimum atomic E-state index is -0.592. The molecule has 0 bridgehead atoms. The van der Waals surface area contributed by atoms with Crippen LogP contribution in [0.2, 0.25) is 0 Å². The van der Waals surface area contributed by atoms with Gasteiger partial charge in [0.15, 0.2) is 0 Å². The second-order valence-corrected chi connectivity index (χ2v) is 4.81. The van der Waals surface area contributed by atoms with E-state index in [0.717, 1.165) is 6.07 Å². The molecular formula is C16H16F3N. The maximum Gasteiger partial charge on any atom is 0.130 e.